The molecular formula is C33H22N2. The van der Waals surface area contributed by atoms with Gasteiger partial charge in [-0.05, 0) is 91.7 Å². The molecule has 0 N–H and O–H groups in total. The highest BCUT2D eigenvalue weighted by Crippen LogP contribution is 2.54. The first-order valence-corrected chi connectivity index (χ1v) is 12.6. The Labute approximate surface area is 204 Å². The highest BCUT2D eigenvalue weighted by Gasteiger charge is 2.35. The van der Waals surface area contributed by atoms with Crippen LogP contribution in [0.5, 0.6) is 0 Å². The van der Waals surface area contributed by atoms with Crippen LogP contribution in [0.3, 0.4) is 0 Å². The standard InChI is InChI=1S/C33H22N2/c1-2-7-23-19(4-1)15-27-24(23)8-9-25-26-10-11-32-30(29(26)17-28(25)27)16-21-6-3-5-20-14-22-18-34-13-12-31(22)35(32)33(20)21/h1-13,18H,14-17H2. The molecule has 3 heterocycles. The normalized spacial score (nSPS) is 14.9. The number of benzene rings is 4. The highest BCUT2D eigenvalue weighted by atomic mass is 15.2. The van der Waals surface area contributed by atoms with Crippen LogP contribution in [-0.4, -0.2) is 4.98 Å². The van der Waals surface area contributed by atoms with Gasteiger partial charge in [0.15, 0.2) is 0 Å². The predicted molar refractivity (Wildman–Crippen MR) is 141 cm³/mol. The lowest BCUT2D eigenvalue weighted by Crippen LogP contribution is -2.25. The maximum absolute atomic E-state index is 4.44. The molecule has 5 aromatic rings. The van der Waals surface area contributed by atoms with Crippen LogP contribution < -0.4 is 4.90 Å². The number of hydrogen-bond acceptors (Lipinski definition) is 2. The monoisotopic (exact) mass is 446 g/mol. The Morgan fingerprint density at radius 3 is 2.09 bits per heavy atom. The smallest absolute Gasteiger partial charge is 0.0532 e. The molecule has 4 aromatic carbocycles. The zero-order chi connectivity index (χ0) is 22.7. The Balaban J connectivity index is 1.25. The summed E-state index contributed by atoms with van der Waals surface area (Å²) in [6, 6.07) is 27.5. The first-order chi connectivity index (χ1) is 17.3. The van der Waals surface area contributed by atoms with Crippen LogP contribution in [0.25, 0.3) is 22.3 Å². The lowest BCUT2D eigenvalue weighted by Gasteiger charge is -2.39. The van der Waals surface area contributed by atoms with Gasteiger partial charge in [-0.2, -0.15) is 0 Å². The van der Waals surface area contributed by atoms with Crippen LogP contribution in [0.1, 0.15) is 44.5 Å². The Kier molecular flexibility index (Phi) is 3.27. The summed E-state index contributed by atoms with van der Waals surface area (Å²) < 4.78 is 0. The van der Waals surface area contributed by atoms with Gasteiger partial charge in [0.2, 0.25) is 0 Å². The van der Waals surface area contributed by atoms with E-state index in [-0.39, 0.29) is 0 Å². The molecule has 0 amide bonds. The van der Waals surface area contributed by atoms with Gasteiger partial charge in [0.1, 0.15) is 0 Å². The summed E-state index contributed by atoms with van der Waals surface area (Å²) in [5.41, 5.74) is 21.5. The molecule has 1 aromatic heterocycles. The van der Waals surface area contributed by atoms with Crippen LogP contribution in [0.4, 0.5) is 17.1 Å². The number of pyridine rings is 1. The summed E-state index contributed by atoms with van der Waals surface area (Å²) in [4.78, 5) is 6.97. The fourth-order valence-electron chi connectivity index (χ4n) is 7.21. The molecule has 0 atom stereocenters. The predicted octanol–water partition coefficient (Wildman–Crippen LogP) is 7.50. The van der Waals surface area contributed by atoms with E-state index in [2.05, 4.69) is 82.7 Å². The second kappa shape index (κ2) is 6.28. The third kappa shape index (κ3) is 2.23. The topological polar surface area (TPSA) is 16.1 Å². The third-order valence-electron chi connectivity index (χ3n) is 8.69. The van der Waals surface area contributed by atoms with Crippen LogP contribution in [0.2, 0.25) is 0 Å². The van der Waals surface area contributed by atoms with Gasteiger partial charge in [0.05, 0.1) is 17.1 Å². The van der Waals surface area contributed by atoms with Crippen molar-refractivity contribution >= 4 is 17.1 Å². The van der Waals surface area contributed by atoms with E-state index < -0.39 is 0 Å². The van der Waals surface area contributed by atoms with Gasteiger partial charge in [0, 0.05) is 25.2 Å². The molecule has 0 saturated heterocycles. The molecule has 2 nitrogen and oxygen atoms in total. The summed E-state index contributed by atoms with van der Waals surface area (Å²) in [6.07, 6.45) is 8.05. The minimum absolute atomic E-state index is 0.960. The van der Waals surface area contributed by atoms with E-state index in [0.717, 1.165) is 25.7 Å². The molecular weight excluding hydrogens is 424 g/mol. The number of fused-ring (bicyclic) bond motifs is 12. The van der Waals surface area contributed by atoms with E-state index in [0.29, 0.717) is 0 Å². The van der Waals surface area contributed by atoms with Crippen LogP contribution >= 0.6 is 0 Å². The largest absolute Gasteiger partial charge is 0.309 e. The van der Waals surface area contributed by atoms with E-state index in [1.54, 1.807) is 11.1 Å². The van der Waals surface area contributed by atoms with E-state index in [4.69, 9.17) is 0 Å². The summed E-state index contributed by atoms with van der Waals surface area (Å²) in [6.45, 7) is 0. The van der Waals surface area contributed by atoms with Crippen LogP contribution in [0.15, 0.2) is 85.2 Å². The SMILES string of the molecule is c1ccc2c(c1)Cc1c-2ccc2c1Cc1c-2ccc2c1Cc1cccc3c1N2c1ccncc1C3. The Bertz CT molecular complexity index is 1760. The van der Waals surface area contributed by atoms with Crippen molar-refractivity contribution in [2.24, 2.45) is 0 Å². The molecule has 2 aliphatic carbocycles. The lowest BCUT2D eigenvalue weighted by molar-refractivity contribution is 0.987. The number of anilines is 3. The zero-order valence-electron chi connectivity index (χ0n) is 19.3. The van der Waals surface area contributed by atoms with E-state index in [1.165, 1.54) is 72.7 Å². The molecule has 0 radical (unpaired) electrons. The van der Waals surface area contributed by atoms with Crippen molar-refractivity contribution in [3.05, 3.63) is 130 Å². The first-order valence-electron chi connectivity index (χ1n) is 12.6. The summed E-state index contributed by atoms with van der Waals surface area (Å²) >= 11 is 0. The molecule has 2 aliphatic heterocycles. The van der Waals surface area contributed by atoms with E-state index >= 15 is 0 Å². The lowest BCUT2D eigenvalue weighted by atomic mass is 9.84. The van der Waals surface area contributed by atoms with Crippen LogP contribution in [0, 0.1) is 0 Å². The number of rotatable bonds is 0. The molecule has 9 rings (SSSR count). The minimum Gasteiger partial charge on any atom is -0.309 e. The number of hydrogen-bond donors (Lipinski definition) is 0. The van der Waals surface area contributed by atoms with Crippen LogP contribution in [-0.2, 0) is 25.7 Å². The molecule has 0 fully saturated rings. The van der Waals surface area contributed by atoms with Gasteiger partial charge < -0.3 is 4.90 Å². The fourth-order valence-corrected chi connectivity index (χ4v) is 7.21. The van der Waals surface area contributed by atoms with Gasteiger partial charge in [-0.15, -0.1) is 0 Å². The molecule has 0 spiro atoms. The van der Waals surface area contributed by atoms with E-state index in [9.17, 15) is 0 Å². The maximum atomic E-state index is 4.44. The Morgan fingerprint density at radius 1 is 0.486 bits per heavy atom. The summed E-state index contributed by atoms with van der Waals surface area (Å²) in [7, 11) is 0. The summed E-state index contributed by atoms with van der Waals surface area (Å²) in [5.74, 6) is 0. The van der Waals surface area contributed by atoms with Crippen molar-refractivity contribution < 1.29 is 0 Å². The van der Waals surface area contributed by atoms with Crippen molar-refractivity contribution in [2.75, 3.05) is 4.90 Å². The van der Waals surface area contributed by atoms with Gasteiger partial charge >= 0.3 is 0 Å². The molecule has 2 heteroatoms. The second-order valence-electron chi connectivity index (χ2n) is 10.3. The van der Waals surface area contributed by atoms with Crippen molar-refractivity contribution in [1.29, 1.82) is 0 Å². The van der Waals surface area contributed by atoms with E-state index in [1.807, 2.05) is 12.4 Å². The maximum Gasteiger partial charge on any atom is 0.0532 e. The molecule has 164 valence electrons. The number of nitrogens with zero attached hydrogens (tertiary/aromatic N) is 2. The van der Waals surface area contributed by atoms with Crippen molar-refractivity contribution in [3.8, 4) is 22.3 Å². The van der Waals surface area contributed by atoms with Gasteiger partial charge in [-0.1, -0.05) is 60.7 Å². The molecule has 4 aliphatic rings. The number of para-hydroxylation sites is 1. The minimum atomic E-state index is 0.960. The molecule has 0 bridgehead atoms. The first kappa shape index (κ1) is 18.2. The second-order valence-corrected chi connectivity index (χ2v) is 10.3. The average molecular weight is 447 g/mol. The Morgan fingerprint density at radius 2 is 1.17 bits per heavy atom. The third-order valence-corrected chi connectivity index (χ3v) is 8.69. The zero-order valence-corrected chi connectivity index (χ0v) is 19.3. The van der Waals surface area contributed by atoms with Crippen molar-refractivity contribution in [1.82, 2.24) is 4.98 Å². The van der Waals surface area contributed by atoms with Gasteiger partial charge in [0.25, 0.3) is 0 Å². The fraction of sp³-hybridized carbons (Fsp3) is 0.121. The van der Waals surface area contributed by atoms with Crippen molar-refractivity contribution in [2.45, 2.75) is 25.7 Å². The average Bonchev–Trinajstić information content (AvgIpc) is 3.47. The Hall–Kier alpha value is -4.17. The van der Waals surface area contributed by atoms with Gasteiger partial charge in [-0.25, -0.2) is 0 Å². The molecule has 35 heavy (non-hydrogen) atoms. The molecule has 0 saturated carbocycles. The van der Waals surface area contributed by atoms with Gasteiger partial charge in [-0.3, -0.25) is 4.98 Å². The molecule has 0 unspecified atom stereocenters. The van der Waals surface area contributed by atoms with Crippen molar-refractivity contribution in [3.63, 3.8) is 0 Å². The quantitative estimate of drug-likeness (QED) is 0.240. The highest BCUT2D eigenvalue weighted by molar-refractivity contribution is 5.94. The number of aromatic nitrogens is 1. The summed E-state index contributed by atoms with van der Waals surface area (Å²) in [5, 5.41) is 0.